The summed E-state index contributed by atoms with van der Waals surface area (Å²) >= 11 is 0. The highest BCUT2D eigenvalue weighted by atomic mass is 16.4. The summed E-state index contributed by atoms with van der Waals surface area (Å²) in [5.41, 5.74) is 2.42. The summed E-state index contributed by atoms with van der Waals surface area (Å²) in [4.78, 5) is 10.6. The zero-order valence-electron chi connectivity index (χ0n) is 13.9. The predicted octanol–water partition coefficient (Wildman–Crippen LogP) is 3.16. The molecule has 0 aromatic heterocycles. The first-order valence-electron chi connectivity index (χ1n) is 7.22. The van der Waals surface area contributed by atoms with Gasteiger partial charge in [0.15, 0.2) is 0 Å². The lowest BCUT2D eigenvalue weighted by Gasteiger charge is -2.28. The second-order valence-corrected chi connectivity index (χ2v) is 7.54. The third-order valence-corrected chi connectivity index (χ3v) is 3.39. The van der Waals surface area contributed by atoms with E-state index in [1.807, 2.05) is 12.1 Å². The van der Waals surface area contributed by atoms with Crippen molar-refractivity contribution in [1.29, 1.82) is 0 Å². The number of benzene rings is 1. The number of hydrogen-bond donors (Lipinski definition) is 3. The standard InChI is InChI=1S/C17H27NO3/c1-16(2,3)12-7-11(9-18-10-14(19)20)8-13(15(12)21)17(4,5)6/h7-8,18,21H,9-10H2,1-6H3,(H,19,20). The topological polar surface area (TPSA) is 69.6 Å². The Hall–Kier alpha value is -1.55. The van der Waals surface area contributed by atoms with Crippen LogP contribution in [0.15, 0.2) is 12.1 Å². The first-order valence-corrected chi connectivity index (χ1v) is 7.22. The summed E-state index contributed by atoms with van der Waals surface area (Å²) in [5, 5.41) is 22.2. The Morgan fingerprint density at radius 1 is 1.05 bits per heavy atom. The Labute approximate surface area is 127 Å². The van der Waals surface area contributed by atoms with Crippen LogP contribution in [0.4, 0.5) is 0 Å². The molecule has 0 aliphatic heterocycles. The fraction of sp³-hybridized carbons (Fsp3) is 0.588. The molecule has 0 spiro atoms. The van der Waals surface area contributed by atoms with Crippen LogP contribution in [0.5, 0.6) is 5.75 Å². The number of aromatic hydroxyl groups is 1. The van der Waals surface area contributed by atoms with Gasteiger partial charge in [-0.15, -0.1) is 0 Å². The number of nitrogens with one attached hydrogen (secondary N) is 1. The minimum Gasteiger partial charge on any atom is -0.507 e. The van der Waals surface area contributed by atoms with Crippen LogP contribution in [0, 0.1) is 0 Å². The first kappa shape index (κ1) is 17.5. The fourth-order valence-corrected chi connectivity index (χ4v) is 2.25. The minimum atomic E-state index is -0.874. The maximum absolute atomic E-state index is 10.6. The van der Waals surface area contributed by atoms with Gasteiger partial charge in [-0.3, -0.25) is 4.79 Å². The Kier molecular flexibility index (Phi) is 5.05. The number of carboxylic acid groups (broad SMARTS) is 1. The van der Waals surface area contributed by atoms with Crippen LogP contribution in [-0.2, 0) is 22.2 Å². The molecule has 1 aromatic carbocycles. The Morgan fingerprint density at radius 2 is 1.48 bits per heavy atom. The zero-order chi connectivity index (χ0) is 16.4. The molecule has 3 N–H and O–H groups in total. The number of rotatable bonds is 4. The number of phenolic OH excluding ortho intramolecular Hbond substituents is 1. The highest BCUT2D eigenvalue weighted by molar-refractivity contribution is 5.69. The van der Waals surface area contributed by atoms with Crippen molar-refractivity contribution < 1.29 is 15.0 Å². The van der Waals surface area contributed by atoms with E-state index in [-0.39, 0.29) is 17.4 Å². The van der Waals surface area contributed by atoms with Gasteiger partial charge in [0.25, 0.3) is 0 Å². The maximum Gasteiger partial charge on any atom is 0.317 e. The molecule has 1 rings (SSSR count). The lowest BCUT2D eigenvalue weighted by Crippen LogP contribution is -2.23. The molecule has 21 heavy (non-hydrogen) atoms. The van der Waals surface area contributed by atoms with E-state index in [1.165, 1.54) is 0 Å². The number of aliphatic carboxylic acids is 1. The molecule has 0 radical (unpaired) electrons. The van der Waals surface area contributed by atoms with Gasteiger partial charge in [0.1, 0.15) is 5.75 Å². The molecule has 0 saturated carbocycles. The maximum atomic E-state index is 10.6. The van der Waals surface area contributed by atoms with Gasteiger partial charge in [-0.2, -0.15) is 0 Å². The van der Waals surface area contributed by atoms with E-state index in [0.717, 1.165) is 16.7 Å². The molecule has 0 bridgehead atoms. The molecule has 4 nitrogen and oxygen atoms in total. The molecular formula is C17H27NO3. The van der Waals surface area contributed by atoms with E-state index in [1.54, 1.807) is 0 Å². The van der Waals surface area contributed by atoms with Gasteiger partial charge < -0.3 is 15.5 Å². The van der Waals surface area contributed by atoms with Gasteiger partial charge in [-0.1, -0.05) is 53.7 Å². The van der Waals surface area contributed by atoms with Crippen LogP contribution in [0.2, 0.25) is 0 Å². The van der Waals surface area contributed by atoms with Crippen molar-refractivity contribution >= 4 is 5.97 Å². The largest absolute Gasteiger partial charge is 0.507 e. The van der Waals surface area contributed by atoms with Crippen molar-refractivity contribution in [2.24, 2.45) is 0 Å². The van der Waals surface area contributed by atoms with Crippen LogP contribution in [0.3, 0.4) is 0 Å². The predicted molar refractivity (Wildman–Crippen MR) is 84.8 cm³/mol. The summed E-state index contributed by atoms with van der Waals surface area (Å²) in [6.07, 6.45) is 0. The van der Waals surface area contributed by atoms with Crippen molar-refractivity contribution in [2.75, 3.05) is 6.54 Å². The van der Waals surface area contributed by atoms with E-state index >= 15 is 0 Å². The van der Waals surface area contributed by atoms with Crippen molar-refractivity contribution in [1.82, 2.24) is 5.32 Å². The summed E-state index contributed by atoms with van der Waals surface area (Å²) in [7, 11) is 0. The normalized spacial score (nSPS) is 12.5. The van der Waals surface area contributed by atoms with Gasteiger partial charge >= 0.3 is 5.97 Å². The smallest absolute Gasteiger partial charge is 0.317 e. The number of carboxylic acids is 1. The van der Waals surface area contributed by atoms with E-state index in [2.05, 4.69) is 46.9 Å². The van der Waals surface area contributed by atoms with Gasteiger partial charge in [0.05, 0.1) is 6.54 Å². The lowest BCUT2D eigenvalue weighted by molar-refractivity contribution is -0.135. The van der Waals surface area contributed by atoms with E-state index in [0.29, 0.717) is 12.3 Å². The molecule has 0 unspecified atom stereocenters. The Balaban J connectivity index is 3.24. The van der Waals surface area contributed by atoms with Crippen LogP contribution < -0.4 is 5.32 Å². The third-order valence-electron chi connectivity index (χ3n) is 3.39. The molecule has 0 saturated heterocycles. The molecule has 0 amide bonds. The molecule has 0 heterocycles. The van der Waals surface area contributed by atoms with E-state index in [9.17, 15) is 9.90 Å². The van der Waals surface area contributed by atoms with Crippen LogP contribution in [0.25, 0.3) is 0 Å². The number of carbonyl (C=O) groups is 1. The second kappa shape index (κ2) is 6.06. The third kappa shape index (κ3) is 4.74. The molecule has 0 atom stereocenters. The molecule has 118 valence electrons. The van der Waals surface area contributed by atoms with Crippen LogP contribution in [0.1, 0.15) is 58.2 Å². The van der Waals surface area contributed by atoms with E-state index in [4.69, 9.17) is 5.11 Å². The van der Waals surface area contributed by atoms with Crippen LogP contribution in [-0.4, -0.2) is 22.7 Å². The average Bonchev–Trinajstić information content (AvgIpc) is 2.27. The monoisotopic (exact) mass is 293 g/mol. The molecule has 0 fully saturated rings. The molecule has 4 heteroatoms. The van der Waals surface area contributed by atoms with Crippen LogP contribution >= 0.6 is 0 Å². The quantitative estimate of drug-likeness (QED) is 0.797. The average molecular weight is 293 g/mol. The number of phenols is 1. The Morgan fingerprint density at radius 3 is 1.81 bits per heavy atom. The lowest BCUT2D eigenvalue weighted by atomic mass is 9.78. The number of hydrogen-bond acceptors (Lipinski definition) is 3. The van der Waals surface area contributed by atoms with Crippen molar-refractivity contribution in [3.05, 3.63) is 28.8 Å². The SMILES string of the molecule is CC(C)(C)c1cc(CNCC(=O)O)cc(C(C)(C)C)c1O. The van der Waals surface area contributed by atoms with Gasteiger partial charge in [0.2, 0.25) is 0 Å². The summed E-state index contributed by atoms with van der Waals surface area (Å²) in [5.74, 6) is -0.530. The minimum absolute atomic E-state index is 0.0728. The van der Waals surface area contributed by atoms with E-state index < -0.39 is 5.97 Å². The molecular weight excluding hydrogens is 266 g/mol. The Bertz CT molecular complexity index is 487. The summed E-state index contributed by atoms with van der Waals surface area (Å²) in [6, 6.07) is 3.92. The summed E-state index contributed by atoms with van der Waals surface area (Å²) < 4.78 is 0. The molecule has 0 aliphatic rings. The second-order valence-electron chi connectivity index (χ2n) is 7.54. The zero-order valence-corrected chi connectivity index (χ0v) is 13.9. The molecule has 0 aliphatic carbocycles. The van der Waals surface area contributed by atoms with Gasteiger partial charge in [-0.05, 0) is 27.5 Å². The highest BCUT2D eigenvalue weighted by Crippen LogP contribution is 2.39. The van der Waals surface area contributed by atoms with Gasteiger partial charge in [0, 0.05) is 6.54 Å². The van der Waals surface area contributed by atoms with Crippen molar-refractivity contribution in [3.8, 4) is 5.75 Å². The van der Waals surface area contributed by atoms with Gasteiger partial charge in [-0.25, -0.2) is 0 Å². The molecule has 1 aromatic rings. The van der Waals surface area contributed by atoms with Crippen molar-refractivity contribution in [2.45, 2.75) is 58.9 Å². The fourth-order valence-electron chi connectivity index (χ4n) is 2.25. The first-order chi connectivity index (χ1) is 9.43. The summed E-state index contributed by atoms with van der Waals surface area (Å²) in [6.45, 7) is 12.7. The van der Waals surface area contributed by atoms with Crippen molar-refractivity contribution in [3.63, 3.8) is 0 Å². The highest BCUT2D eigenvalue weighted by Gasteiger charge is 2.26.